The molecule has 44 heavy (non-hydrogen) atoms. The first-order valence-corrected chi connectivity index (χ1v) is 15.8. The summed E-state index contributed by atoms with van der Waals surface area (Å²) in [5, 5.41) is 12.3. The Bertz CT molecular complexity index is 2720. The third-order valence-corrected chi connectivity index (χ3v) is 10.4. The van der Waals surface area contributed by atoms with Crippen LogP contribution in [-0.4, -0.2) is 0 Å². The van der Waals surface area contributed by atoms with Crippen LogP contribution in [0.3, 0.4) is 0 Å². The number of para-hydroxylation sites is 1. The fourth-order valence-corrected chi connectivity index (χ4v) is 8.50. The van der Waals surface area contributed by atoms with Gasteiger partial charge in [-0.2, -0.15) is 0 Å². The number of hydrogen-bond acceptors (Lipinski definition) is 2. The first-order chi connectivity index (χ1) is 21.8. The molecule has 1 nitrogen and oxygen atoms in total. The molecule has 2 heteroatoms. The molecule has 2 aromatic heterocycles. The van der Waals surface area contributed by atoms with Crippen LogP contribution in [0.4, 0.5) is 0 Å². The maximum absolute atomic E-state index is 6.76. The minimum Gasteiger partial charge on any atom is -0.455 e. The van der Waals surface area contributed by atoms with E-state index in [1.807, 2.05) is 11.3 Å². The van der Waals surface area contributed by atoms with Crippen molar-refractivity contribution in [2.45, 2.75) is 0 Å². The van der Waals surface area contributed by atoms with Crippen LogP contribution in [0.5, 0.6) is 0 Å². The van der Waals surface area contributed by atoms with Crippen molar-refractivity contribution in [1.29, 1.82) is 0 Å². The Morgan fingerprint density at radius 3 is 1.64 bits per heavy atom. The predicted octanol–water partition coefficient (Wildman–Crippen LogP) is 12.7. The van der Waals surface area contributed by atoms with Crippen LogP contribution >= 0.6 is 11.3 Å². The molecule has 0 N–H and O–H groups in total. The summed E-state index contributed by atoms with van der Waals surface area (Å²) < 4.78 is 9.40. The second-order valence-corrected chi connectivity index (χ2v) is 12.7. The van der Waals surface area contributed by atoms with Crippen LogP contribution < -0.4 is 0 Å². The van der Waals surface area contributed by atoms with Gasteiger partial charge >= 0.3 is 0 Å². The second kappa shape index (κ2) is 9.03. The van der Waals surface area contributed by atoms with E-state index in [4.69, 9.17) is 4.42 Å². The van der Waals surface area contributed by atoms with Gasteiger partial charge in [-0.05, 0) is 67.7 Å². The fourth-order valence-electron chi connectivity index (χ4n) is 7.37. The summed E-state index contributed by atoms with van der Waals surface area (Å²) in [6.45, 7) is 0. The Balaban J connectivity index is 1.35. The average molecular weight is 577 g/mol. The van der Waals surface area contributed by atoms with Gasteiger partial charge in [0.1, 0.15) is 11.2 Å². The van der Waals surface area contributed by atoms with Crippen molar-refractivity contribution in [3.05, 3.63) is 146 Å². The van der Waals surface area contributed by atoms with Crippen LogP contribution in [0.15, 0.2) is 150 Å². The van der Waals surface area contributed by atoms with Crippen LogP contribution in [-0.2, 0) is 0 Å². The largest absolute Gasteiger partial charge is 0.455 e. The van der Waals surface area contributed by atoms with E-state index < -0.39 is 0 Å². The van der Waals surface area contributed by atoms with Crippen molar-refractivity contribution in [1.82, 2.24) is 0 Å². The summed E-state index contributed by atoms with van der Waals surface area (Å²) in [4.78, 5) is 0. The predicted molar refractivity (Wildman–Crippen MR) is 190 cm³/mol. The molecule has 0 unspecified atom stereocenters. The molecule has 8 aromatic carbocycles. The zero-order valence-corrected chi connectivity index (χ0v) is 24.5. The lowest BCUT2D eigenvalue weighted by Crippen LogP contribution is -1.91. The van der Waals surface area contributed by atoms with Crippen LogP contribution in [0.2, 0.25) is 0 Å². The molecule has 0 aliphatic heterocycles. The highest BCUT2D eigenvalue weighted by Gasteiger charge is 2.22. The molecule has 10 aromatic rings. The quantitative estimate of drug-likeness (QED) is 0.187. The number of furan rings is 1. The third-order valence-electron chi connectivity index (χ3n) is 9.24. The third kappa shape index (κ3) is 3.29. The summed E-state index contributed by atoms with van der Waals surface area (Å²) in [6, 6.07) is 52.9. The minimum absolute atomic E-state index is 0.924. The number of rotatable bonds is 2. The van der Waals surface area contributed by atoms with Gasteiger partial charge in [-0.15, -0.1) is 11.3 Å². The number of thiophene rings is 1. The van der Waals surface area contributed by atoms with Gasteiger partial charge in [-0.1, -0.05) is 121 Å². The Kier molecular flexibility index (Phi) is 4.94. The molecule has 2 heterocycles. The van der Waals surface area contributed by atoms with Gasteiger partial charge in [0.15, 0.2) is 0 Å². The number of fused-ring (bicyclic) bond motifs is 9. The highest BCUT2D eigenvalue weighted by molar-refractivity contribution is 7.25. The number of hydrogen-bond donors (Lipinski definition) is 0. The summed E-state index contributed by atoms with van der Waals surface area (Å²) >= 11 is 1.87. The van der Waals surface area contributed by atoms with Gasteiger partial charge in [-0.25, -0.2) is 0 Å². The molecular weight excluding hydrogens is 553 g/mol. The van der Waals surface area contributed by atoms with Crippen molar-refractivity contribution in [3.8, 4) is 22.3 Å². The Morgan fingerprint density at radius 1 is 0.386 bits per heavy atom. The SMILES string of the molecule is c1ccc2cc3c(cc2c1)oc1c(-c2c4ccccc4c(-c4cccc5sc6ccccc6c45)c4ccccc24)cccc13. The van der Waals surface area contributed by atoms with Gasteiger partial charge in [0.05, 0.1) is 0 Å². The summed E-state index contributed by atoms with van der Waals surface area (Å²) in [5.74, 6) is 0. The fraction of sp³-hybridized carbons (Fsp3) is 0. The van der Waals surface area contributed by atoms with Gasteiger partial charge < -0.3 is 4.42 Å². The monoisotopic (exact) mass is 576 g/mol. The molecule has 0 saturated heterocycles. The minimum atomic E-state index is 0.924. The van der Waals surface area contributed by atoms with Crippen LogP contribution in [0.25, 0.3) is 96.7 Å². The summed E-state index contributed by atoms with van der Waals surface area (Å²) in [7, 11) is 0. The number of benzene rings is 8. The van der Waals surface area contributed by atoms with E-state index in [0.717, 1.165) is 27.5 Å². The molecule has 10 rings (SSSR count). The van der Waals surface area contributed by atoms with Gasteiger partial charge in [0, 0.05) is 42.1 Å². The van der Waals surface area contributed by atoms with E-state index >= 15 is 0 Å². The van der Waals surface area contributed by atoms with Gasteiger partial charge in [0.25, 0.3) is 0 Å². The molecule has 0 aliphatic carbocycles. The highest BCUT2D eigenvalue weighted by atomic mass is 32.1. The molecule has 0 bridgehead atoms. The maximum atomic E-state index is 6.76. The molecule has 0 saturated carbocycles. The van der Waals surface area contributed by atoms with E-state index in [-0.39, 0.29) is 0 Å². The van der Waals surface area contributed by atoms with E-state index in [1.165, 1.54) is 69.2 Å². The second-order valence-electron chi connectivity index (χ2n) is 11.6. The lowest BCUT2D eigenvalue weighted by atomic mass is 9.84. The van der Waals surface area contributed by atoms with Crippen molar-refractivity contribution in [2.75, 3.05) is 0 Å². The highest BCUT2D eigenvalue weighted by Crippen LogP contribution is 2.49. The zero-order chi connectivity index (χ0) is 28.8. The molecule has 0 radical (unpaired) electrons. The van der Waals surface area contributed by atoms with Gasteiger partial charge in [0.2, 0.25) is 0 Å². The molecule has 0 atom stereocenters. The topological polar surface area (TPSA) is 13.1 Å². The maximum Gasteiger partial charge on any atom is 0.143 e. The Labute approximate surface area is 257 Å². The van der Waals surface area contributed by atoms with Crippen molar-refractivity contribution >= 4 is 85.8 Å². The molecule has 0 fully saturated rings. The van der Waals surface area contributed by atoms with E-state index in [0.29, 0.717) is 0 Å². The zero-order valence-electron chi connectivity index (χ0n) is 23.7. The smallest absolute Gasteiger partial charge is 0.143 e. The first-order valence-electron chi connectivity index (χ1n) is 15.0. The van der Waals surface area contributed by atoms with Crippen molar-refractivity contribution in [3.63, 3.8) is 0 Å². The van der Waals surface area contributed by atoms with E-state index in [1.54, 1.807) is 0 Å². The average Bonchev–Trinajstić information content (AvgIpc) is 3.64. The van der Waals surface area contributed by atoms with Crippen molar-refractivity contribution in [2.24, 2.45) is 0 Å². The standard InChI is InChI=1S/C42H24OS/c1-2-12-26-24-36-35(23-25(26)11-1)31-18-9-20-34(42(31)43-36)40-29-15-5-3-13-27(29)39(28-14-4-6-16-30(28)40)33-19-10-22-38-41(33)32-17-7-8-21-37(32)44-38/h1-24H. The lowest BCUT2D eigenvalue weighted by molar-refractivity contribution is 0.670. The molecular formula is C42H24OS. The first kappa shape index (κ1) is 24.0. The molecule has 0 spiro atoms. The van der Waals surface area contributed by atoms with E-state index in [2.05, 4.69) is 146 Å². The molecule has 0 aliphatic rings. The van der Waals surface area contributed by atoms with Crippen LogP contribution in [0, 0.1) is 0 Å². The summed E-state index contributed by atoms with van der Waals surface area (Å²) in [6.07, 6.45) is 0. The van der Waals surface area contributed by atoms with Gasteiger partial charge in [-0.3, -0.25) is 0 Å². The van der Waals surface area contributed by atoms with E-state index in [9.17, 15) is 0 Å². The normalized spacial score (nSPS) is 12.1. The van der Waals surface area contributed by atoms with Crippen molar-refractivity contribution < 1.29 is 4.42 Å². The van der Waals surface area contributed by atoms with Crippen LogP contribution in [0.1, 0.15) is 0 Å². The Hall–Kier alpha value is -5.44. The molecule has 0 amide bonds. The summed E-state index contributed by atoms with van der Waals surface area (Å²) in [5.41, 5.74) is 6.78. The molecule has 204 valence electrons. The lowest BCUT2D eigenvalue weighted by Gasteiger charge is -2.18. The Morgan fingerprint density at radius 2 is 0.909 bits per heavy atom.